The minimum Gasteiger partial charge on any atom is -0.494 e. The van der Waals surface area contributed by atoms with Crippen LogP contribution >= 0.6 is 0 Å². The molecular formula is C21H32N2O3. The second-order valence-corrected chi connectivity index (χ2v) is 7.04. The first-order valence-corrected chi connectivity index (χ1v) is 9.95. The van der Waals surface area contributed by atoms with E-state index in [0.717, 1.165) is 44.3 Å². The summed E-state index contributed by atoms with van der Waals surface area (Å²) in [5, 5.41) is 5.90. The first kappa shape index (κ1) is 20.3. The van der Waals surface area contributed by atoms with Crippen molar-refractivity contribution in [3.8, 4) is 5.75 Å². The van der Waals surface area contributed by atoms with Crippen molar-refractivity contribution in [1.82, 2.24) is 10.6 Å². The zero-order valence-corrected chi connectivity index (χ0v) is 16.1. The zero-order valence-electron chi connectivity index (χ0n) is 16.1. The van der Waals surface area contributed by atoms with Gasteiger partial charge in [-0.15, -0.1) is 0 Å². The number of hydrogen-bond donors (Lipinski definition) is 2. The van der Waals surface area contributed by atoms with Gasteiger partial charge >= 0.3 is 0 Å². The Morgan fingerprint density at radius 2 is 1.73 bits per heavy atom. The average molecular weight is 360 g/mol. The molecule has 5 heteroatoms. The molecular weight excluding hydrogens is 328 g/mol. The molecule has 0 aliphatic heterocycles. The fraction of sp³-hybridized carbons (Fsp3) is 0.619. The SMILES string of the molecule is CCCCCOc1ccc(C(=O)NC2(C(=O)NCC)CCCCC2)cc1. The molecule has 0 bridgehead atoms. The molecule has 0 atom stereocenters. The molecule has 2 N–H and O–H groups in total. The van der Waals surface area contributed by atoms with Crippen LogP contribution in [0, 0.1) is 0 Å². The van der Waals surface area contributed by atoms with Gasteiger partial charge in [-0.2, -0.15) is 0 Å². The molecule has 1 aromatic carbocycles. The summed E-state index contributed by atoms with van der Waals surface area (Å²) in [6, 6.07) is 7.17. The van der Waals surface area contributed by atoms with E-state index in [-0.39, 0.29) is 11.8 Å². The van der Waals surface area contributed by atoms with E-state index in [9.17, 15) is 9.59 Å². The Hall–Kier alpha value is -2.04. The molecule has 5 nitrogen and oxygen atoms in total. The standard InChI is InChI=1S/C21H32N2O3/c1-3-5-9-16-26-18-12-10-17(11-13-18)19(24)23-21(20(25)22-4-2)14-7-6-8-15-21/h10-13H,3-9,14-16H2,1-2H3,(H,22,25)(H,23,24). The van der Waals surface area contributed by atoms with E-state index in [4.69, 9.17) is 4.74 Å². The maximum absolute atomic E-state index is 12.7. The third-order valence-electron chi connectivity index (χ3n) is 4.97. The summed E-state index contributed by atoms with van der Waals surface area (Å²) < 4.78 is 5.69. The summed E-state index contributed by atoms with van der Waals surface area (Å²) >= 11 is 0. The predicted molar refractivity (Wildman–Crippen MR) is 103 cm³/mol. The smallest absolute Gasteiger partial charge is 0.252 e. The van der Waals surface area contributed by atoms with E-state index in [2.05, 4.69) is 17.6 Å². The van der Waals surface area contributed by atoms with Gasteiger partial charge in [-0.05, 0) is 50.5 Å². The third-order valence-corrected chi connectivity index (χ3v) is 4.97. The van der Waals surface area contributed by atoms with Gasteiger partial charge in [0, 0.05) is 12.1 Å². The fourth-order valence-electron chi connectivity index (χ4n) is 3.43. The highest BCUT2D eigenvalue weighted by Crippen LogP contribution is 2.29. The second-order valence-electron chi connectivity index (χ2n) is 7.04. The summed E-state index contributed by atoms with van der Waals surface area (Å²) in [5.74, 6) is 0.508. The molecule has 0 heterocycles. The summed E-state index contributed by atoms with van der Waals surface area (Å²) in [4.78, 5) is 25.3. The lowest BCUT2D eigenvalue weighted by Gasteiger charge is -2.36. The Balaban J connectivity index is 1.99. The molecule has 2 rings (SSSR count). The fourth-order valence-corrected chi connectivity index (χ4v) is 3.43. The minimum absolute atomic E-state index is 0.0658. The van der Waals surface area contributed by atoms with E-state index in [1.165, 1.54) is 0 Å². The van der Waals surface area contributed by atoms with E-state index in [0.29, 0.717) is 31.6 Å². The summed E-state index contributed by atoms with van der Waals surface area (Å²) in [5.41, 5.74) is -0.221. The van der Waals surface area contributed by atoms with Gasteiger partial charge in [0.2, 0.25) is 5.91 Å². The molecule has 0 radical (unpaired) electrons. The van der Waals surface area contributed by atoms with Crippen LogP contribution in [0.1, 0.15) is 75.6 Å². The molecule has 2 amide bonds. The number of hydrogen-bond acceptors (Lipinski definition) is 3. The van der Waals surface area contributed by atoms with Crippen molar-refractivity contribution in [1.29, 1.82) is 0 Å². The molecule has 26 heavy (non-hydrogen) atoms. The number of amides is 2. The van der Waals surface area contributed by atoms with Crippen molar-refractivity contribution in [2.75, 3.05) is 13.2 Å². The quantitative estimate of drug-likeness (QED) is 0.658. The number of rotatable bonds is 9. The van der Waals surface area contributed by atoms with Crippen LogP contribution in [0.3, 0.4) is 0 Å². The molecule has 0 unspecified atom stereocenters. The van der Waals surface area contributed by atoms with Crippen LogP contribution in [0.5, 0.6) is 5.75 Å². The summed E-state index contributed by atoms with van der Waals surface area (Å²) in [6.07, 6.45) is 7.78. The monoisotopic (exact) mass is 360 g/mol. The Morgan fingerprint density at radius 1 is 1.04 bits per heavy atom. The van der Waals surface area contributed by atoms with Gasteiger partial charge in [0.25, 0.3) is 5.91 Å². The first-order valence-electron chi connectivity index (χ1n) is 9.95. The molecule has 1 saturated carbocycles. The number of unbranched alkanes of at least 4 members (excludes halogenated alkanes) is 2. The van der Waals surface area contributed by atoms with Gasteiger partial charge in [0.05, 0.1) is 6.61 Å². The average Bonchev–Trinajstić information content (AvgIpc) is 2.66. The van der Waals surface area contributed by atoms with Crippen molar-refractivity contribution in [2.24, 2.45) is 0 Å². The maximum atomic E-state index is 12.7. The number of nitrogens with one attached hydrogen (secondary N) is 2. The topological polar surface area (TPSA) is 67.4 Å². The predicted octanol–water partition coefficient (Wildman–Crippen LogP) is 3.82. The van der Waals surface area contributed by atoms with Crippen molar-refractivity contribution in [3.63, 3.8) is 0 Å². The van der Waals surface area contributed by atoms with Gasteiger partial charge in [-0.25, -0.2) is 0 Å². The lowest BCUT2D eigenvalue weighted by atomic mass is 9.80. The Bertz CT molecular complexity index is 577. The number of ether oxygens (including phenoxy) is 1. The number of likely N-dealkylation sites (N-methyl/N-ethyl adjacent to an activating group) is 1. The molecule has 1 aliphatic rings. The Morgan fingerprint density at radius 3 is 2.35 bits per heavy atom. The zero-order chi connectivity index (χ0) is 18.8. The van der Waals surface area contributed by atoms with Crippen LogP contribution in [0.25, 0.3) is 0 Å². The van der Waals surface area contributed by atoms with Crippen molar-refractivity contribution >= 4 is 11.8 Å². The van der Waals surface area contributed by atoms with Crippen molar-refractivity contribution in [3.05, 3.63) is 29.8 Å². The Labute approximate surface area is 156 Å². The molecule has 1 aliphatic carbocycles. The lowest BCUT2D eigenvalue weighted by molar-refractivity contribution is -0.128. The minimum atomic E-state index is -0.777. The molecule has 144 valence electrons. The molecule has 0 spiro atoms. The highest BCUT2D eigenvalue weighted by Gasteiger charge is 2.40. The van der Waals surface area contributed by atoms with E-state index >= 15 is 0 Å². The maximum Gasteiger partial charge on any atom is 0.252 e. The molecule has 1 fully saturated rings. The second kappa shape index (κ2) is 10.2. The number of carbonyl (C=O) groups excluding carboxylic acids is 2. The van der Waals surface area contributed by atoms with Crippen molar-refractivity contribution < 1.29 is 14.3 Å². The summed E-state index contributed by atoms with van der Waals surface area (Å²) in [6.45, 7) is 5.32. The normalized spacial score (nSPS) is 15.9. The van der Waals surface area contributed by atoms with Gasteiger partial charge in [0.15, 0.2) is 0 Å². The Kier molecular flexibility index (Phi) is 7.95. The van der Waals surface area contributed by atoms with Crippen LogP contribution < -0.4 is 15.4 Å². The largest absolute Gasteiger partial charge is 0.494 e. The number of carbonyl (C=O) groups is 2. The molecule has 1 aromatic rings. The van der Waals surface area contributed by atoms with Gasteiger partial charge < -0.3 is 15.4 Å². The van der Waals surface area contributed by atoms with Crippen LogP contribution in [0.15, 0.2) is 24.3 Å². The van der Waals surface area contributed by atoms with Gasteiger partial charge in [-0.3, -0.25) is 9.59 Å². The molecule has 0 aromatic heterocycles. The van der Waals surface area contributed by atoms with Crippen molar-refractivity contribution in [2.45, 2.75) is 70.8 Å². The highest BCUT2D eigenvalue weighted by atomic mass is 16.5. The van der Waals surface area contributed by atoms with Crippen LogP contribution in [0.2, 0.25) is 0 Å². The first-order chi connectivity index (χ1) is 12.6. The van der Waals surface area contributed by atoms with Crippen LogP contribution in [0.4, 0.5) is 0 Å². The van der Waals surface area contributed by atoms with Gasteiger partial charge in [-0.1, -0.05) is 39.0 Å². The van der Waals surface area contributed by atoms with Crippen LogP contribution in [-0.2, 0) is 4.79 Å². The molecule has 0 saturated heterocycles. The van der Waals surface area contributed by atoms with E-state index < -0.39 is 5.54 Å². The highest BCUT2D eigenvalue weighted by molar-refractivity contribution is 5.99. The van der Waals surface area contributed by atoms with E-state index in [1.54, 1.807) is 12.1 Å². The van der Waals surface area contributed by atoms with Gasteiger partial charge in [0.1, 0.15) is 11.3 Å². The summed E-state index contributed by atoms with van der Waals surface area (Å²) in [7, 11) is 0. The third kappa shape index (κ3) is 5.48. The number of benzene rings is 1. The lowest BCUT2D eigenvalue weighted by Crippen LogP contribution is -2.59. The van der Waals surface area contributed by atoms with E-state index in [1.807, 2.05) is 19.1 Å². The van der Waals surface area contributed by atoms with Crippen LogP contribution in [-0.4, -0.2) is 30.5 Å².